The topological polar surface area (TPSA) is 17.1 Å². The fourth-order valence-electron chi connectivity index (χ4n) is 2.44. The van der Waals surface area contributed by atoms with Crippen molar-refractivity contribution in [3.05, 3.63) is 70.3 Å². The van der Waals surface area contributed by atoms with Gasteiger partial charge in [-0.15, -0.1) is 0 Å². The summed E-state index contributed by atoms with van der Waals surface area (Å²) in [6.45, 7) is 3.93. The van der Waals surface area contributed by atoms with Crippen LogP contribution in [0.4, 0.5) is 13.2 Å². The third-order valence-corrected chi connectivity index (χ3v) is 3.87. The van der Waals surface area contributed by atoms with Crippen molar-refractivity contribution in [1.29, 1.82) is 0 Å². The third kappa shape index (κ3) is 3.56. The van der Waals surface area contributed by atoms with Crippen LogP contribution in [0.5, 0.6) is 0 Å². The molecular formula is C18H17F3O. The first-order valence-electron chi connectivity index (χ1n) is 7.05. The minimum atomic E-state index is -4.51. The lowest BCUT2D eigenvalue weighted by Crippen LogP contribution is -2.13. The van der Waals surface area contributed by atoms with Crippen molar-refractivity contribution in [2.75, 3.05) is 0 Å². The molecular weight excluding hydrogens is 289 g/mol. The summed E-state index contributed by atoms with van der Waals surface area (Å²) >= 11 is 0. The fraction of sp³-hybridized carbons (Fsp3) is 0.278. The quantitative estimate of drug-likeness (QED) is 0.715. The molecule has 2 aromatic carbocycles. The number of ketones is 1. The molecule has 0 aliphatic carbocycles. The van der Waals surface area contributed by atoms with E-state index in [1.54, 1.807) is 0 Å². The Hall–Kier alpha value is -2.10. The molecule has 0 N–H and O–H groups in total. The second-order valence-corrected chi connectivity index (χ2v) is 5.33. The first-order chi connectivity index (χ1) is 10.3. The van der Waals surface area contributed by atoms with Gasteiger partial charge in [0, 0.05) is 12.0 Å². The average molecular weight is 306 g/mol. The molecule has 116 valence electrons. The maximum Gasteiger partial charge on any atom is 0.417 e. The maximum absolute atomic E-state index is 12.9. The average Bonchev–Trinajstić information content (AvgIpc) is 2.47. The van der Waals surface area contributed by atoms with Gasteiger partial charge in [0.2, 0.25) is 0 Å². The van der Waals surface area contributed by atoms with Gasteiger partial charge in [-0.25, -0.2) is 0 Å². The molecule has 0 aliphatic rings. The second kappa shape index (κ2) is 6.34. The molecule has 2 rings (SSSR count). The van der Waals surface area contributed by atoms with Crippen LogP contribution in [-0.2, 0) is 12.6 Å². The Morgan fingerprint density at radius 2 is 1.68 bits per heavy atom. The Labute approximate surface area is 127 Å². The van der Waals surface area contributed by atoms with E-state index in [1.165, 1.54) is 18.2 Å². The SMILES string of the molecule is Cc1cccc(CCC(=O)c2ccccc2C(F)(F)F)c1C. The van der Waals surface area contributed by atoms with Crippen LogP contribution in [0, 0.1) is 13.8 Å². The Morgan fingerprint density at radius 3 is 2.36 bits per heavy atom. The van der Waals surface area contributed by atoms with E-state index in [9.17, 15) is 18.0 Å². The summed E-state index contributed by atoms with van der Waals surface area (Å²) in [6.07, 6.45) is -4.00. The predicted molar refractivity (Wildman–Crippen MR) is 80.0 cm³/mol. The lowest BCUT2D eigenvalue weighted by molar-refractivity contribution is -0.137. The van der Waals surface area contributed by atoms with Crippen LogP contribution in [0.1, 0.15) is 39.0 Å². The van der Waals surface area contributed by atoms with E-state index in [0.717, 1.165) is 22.8 Å². The van der Waals surface area contributed by atoms with Crippen LogP contribution in [0.2, 0.25) is 0 Å². The zero-order chi connectivity index (χ0) is 16.3. The number of Topliss-reactive ketones (excluding diaryl/α,β-unsaturated/α-hetero) is 1. The van der Waals surface area contributed by atoms with Gasteiger partial charge >= 0.3 is 6.18 Å². The summed E-state index contributed by atoms with van der Waals surface area (Å²) in [5, 5.41) is 0. The molecule has 0 heterocycles. The van der Waals surface area contributed by atoms with Crippen LogP contribution < -0.4 is 0 Å². The Kier molecular flexibility index (Phi) is 4.69. The number of carbonyl (C=O) groups excluding carboxylic acids is 1. The summed E-state index contributed by atoms with van der Waals surface area (Å²) in [7, 11) is 0. The summed E-state index contributed by atoms with van der Waals surface area (Å²) in [4.78, 5) is 12.2. The van der Waals surface area contributed by atoms with Gasteiger partial charge in [-0.05, 0) is 43.0 Å². The van der Waals surface area contributed by atoms with Crippen LogP contribution >= 0.6 is 0 Å². The zero-order valence-electron chi connectivity index (χ0n) is 12.5. The van der Waals surface area contributed by atoms with Crippen molar-refractivity contribution in [2.45, 2.75) is 32.9 Å². The predicted octanol–water partition coefficient (Wildman–Crippen LogP) is 5.14. The van der Waals surface area contributed by atoms with E-state index in [4.69, 9.17) is 0 Å². The minimum Gasteiger partial charge on any atom is -0.294 e. The molecule has 0 unspecified atom stereocenters. The van der Waals surface area contributed by atoms with Gasteiger partial charge in [0.25, 0.3) is 0 Å². The highest BCUT2D eigenvalue weighted by Crippen LogP contribution is 2.32. The molecule has 4 heteroatoms. The molecule has 0 bridgehead atoms. The number of benzene rings is 2. The van der Waals surface area contributed by atoms with Gasteiger partial charge in [0.15, 0.2) is 5.78 Å². The molecule has 0 atom stereocenters. The van der Waals surface area contributed by atoms with Crippen LogP contribution in [0.15, 0.2) is 42.5 Å². The normalized spacial score (nSPS) is 11.5. The third-order valence-electron chi connectivity index (χ3n) is 3.87. The molecule has 0 spiro atoms. The van der Waals surface area contributed by atoms with Crippen molar-refractivity contribution in [3.63, 3.8) is 0 Å². The van der Waals surface area contributed by atoms with Gasteiger partial charge in [0.05, 0.1) is 5.56 Å². The Balaban J connectivity index is 2.19. The van der Waals surface area contributed by atoms with Crippen LogP contribution in [-0.4, -0.2) is 5.78 Å². The van der Waals surface area contributed by atoms with E-state index in [1.807, 2.05) is 32.0 Å². The first-order valence-corrected chi connectivity index (χ1v) is 7.05. The summed E-state index contributed by atoms with van der Waals surface area (Å²) in [5.41, 5.74) is 2.08. The fourth-order valence-corrected chi connectivity index (χ4v) is 2.44. The van der Waals surface area contributed by atoms with Crippen molar-refractivity contribution in [1.82, 2.24) is 0 Å². The van der Waals surface area contributed by atoms with Gasteiger partial charge in [-0.2, -0.15) is 13.2 Å². The number of rotatable bonds is 4. The molecule has 2 aromatic rings. The molecule has 0 radical (unpaired) electrons. The Morgan fingerprint density at radius 1 is 1.00 bits per heavy atom. The first kappa shape index (κ1) is 16.3. The Bertz CT molecular complexity index is 687. The van der Waals surface area contributed by atoms with Gasteiger partial charge in [-0.3, -0.25) is 4.79 Å². The van der Waals surface area contributed by atoms with Crippen LogP contribution in [0.25, 0.3) is 0 Å². The number of halogens is 3. The lowest BCUT2D eigenvalue weighted by Gasteiger charge is -2.12. The highest BCUT2D eigenvalue weighted by Gasteiger charge is 2.34. The standard InChI is InChI=1S/C18H17F3O/c1-12-6-5-7-14(13(12)2)10-11-17(22)15-8-3-4-9-16(15)18(19,20)21/h3-9H,10-11H2,1-2H3. The molecule has 0 amide bonds. The number of alkyl halides is 3. The summed E-state index contributed by atoms with van der Waals surface area (Å²) in [5.74, 6) is -0.478. The van der Waals surface area contributed by atoms with E-state index < -0.39 is 17.5 Å². The summed E-state index contributed by atoms with van der Waals surface area (Å²) < 4.78 is 38.8. The molecule has 0 fully saturated rings. The van der Waals surface area contributed by atoms with E-state index >= 15 is 0 Å². The maximum atomic E-state index is 12.9. The molecule has 0 aromatic heterocycles. The molecule has 0 saturated heterocycles. The molecule has 0 aliphatic heterocycles. The highest BCUT2D eigenvalue weighted by molar-refractivity contribution is 5.97. The lowest BCUT2D eigenvalue weighted by atomic mass is 9.95. The zero-order valence-corrected chi connectivity index (χ0v) is 12.5. The number of hydrogen-bond donors (Lipinski definition) is 0. The number of carbonyl (C=O) groups is 1. The van der Waals surface area contributed by atoms with Gasteiger partial charge in [0.1, 0.15) is 0 Å². The van der Waals surface area contributed by atoms with Crippen molar-refractivity contribution < 1.29 is 18.0 Å². The smallest absolute Gasteiger partial charge is 0.294 e. The monoisotopic (exact) mass is 306 g/mol. The summed E-state index contributed by atoms with van der Waals surface area (Å²) in [6, 6.07) is 10.7. The highest BCUT2D eigenvalue weighted by atomic mass is 19.4. The van der Waals surface area contributed by atoms with Gasteiger partial charge < -0.3 is 0 Å². The van der Waals surface area contributed by atoms with E-state index in [-0.39, 0.29) is 12.0 Å². The molecule has 0 saturated carbocycles. The molecule has 22 heavy (non-hydrogen) atoms. The molecule has 1 nitrogen and oxygen atoms in total. The van der Waals surface area contributed by atoms with Gasteiger partial charge in [-0.1, -0.05) is 36.4 Å². The largest absolute Gasteiger partial charge is 0.417 e. The number of hydrogen-bond acceptors (Lipinski definition) is 1. The van der Waals surface area contributed by atoms with Crippen molar-refractivity contribution in [2.24, 2.45) is 0 Å². The van der Waals surface area contributed by atoms with Crippen LogP contribution in [0.3, 0.4) is 0 Å². The second-order valence-electron chi connectivity index (χ2n) is 5.33. The van der Waals surface area contributed by atoms with E-state index in [0.29, 0.717) is 6.42 Å². The number of aryl methyl sites for hydroxylation is 2. The van der Waals surface area contributed by atoms with E-state index in [2.05, 4.69) is 0 Å². The van der Waals surface area contributed by atoms with Crippen molar-refractivity contribution in [3.8, 4) is 0 Å². The van der Waals surface area contributed by atoms with Crippen molar-refractivity contribution >= 4 is 5.78 Å². The minimum absolute atomic E-state index is 0.0669.